The summed E-state index contributed by atoms with van der Waals surface area (Å²) in [6, 6.07) is -0.654. The van der Waals surface area contributed by atoms with Crippen molar-refractivity contribution in [1.29, 1.82) is 0 Å². The SMILES string of the molecule is COCCCNC(=O)C([NH])CCCCN. The zero-order valence-corrected chi connectivity index (χ0v) is 9.42. The first-order valence-electron chi connectivity index (χ1n) is 5.40. The summed E-state index contributed by atoms with van der Waals surface area (Å²) in [7, 11) is 1.63. The Balaban J connectivity index is 3.42. The summed E-state index contributed by atoms with van der Waals surface area (Å²) in [4.78, 5) is 11.3. The fourth-order valence-corrected chi connectivity index (χ4v) is 1.18. The van der Waals surface area contributed by atoms with Gasteiger partial charge in [0.15, 0.2) is 0 Å². The normalized spacial score (nSPS) is 12.5. The number of rotatable bonds is 9. The molecule has 4 N–H and O–H groups in total. The Hall–Kier alpha value is -0.650. The summed E-state index contributed by atoms with van der Waals surface area (Å²) in [5.41, 5.74) is 12.9. The van der Waals surface area contributed by atoms with Crippen LogP contribution < -0.4 is 16.8 Å². The lowest BCUT2D eigenvalue weighted by atomic mass is 10.1. The standard InChI is InChI=1S/C10H22N3O2/c1-15-8-4-7-13-10(14)9(12)5-2-3-6-11/h9,12H,2-8,11H2,1H3,(H,13,14). The number of unbranched alkanes of at least 4 members (excludes halogenated alkanes) is 1. The molecule has 0 heterocycles. The van der Waals surface area contributed by atoms with Gasteiger partial charge in [0.1, 0.15) is 0 Å². The highest BCUT2D eigenvalue weighted by atomic mass is 16.5. The van der Waals surface area contributed by atoms with Crippen LogP contribution in [0.5, 0.6) is 0 Å². The average molecular weight is 216 g/mol. The van der Waals surface area contributed by atoms with Gasteiger partial charge in [-0.1, -0.05) is 6.42 Å². The second-order valence-corrected chi connectivity index (χ2v) is 3.47. The van der Waals surface area contributed by atoms with Crippen molar-refractivity contribution in [2.75, 3.05) is 26.8 Å². The van der Waals surface area contributed by atoms with Gasteiger partial charge in [-0.15, -0.1) is 0 Å². The fraction of sp³-hybridized carbons (Fsp3) is 0.900. The number of methoxy groups -OCH3 is 1. The van der Waals surface area contributed by atoms with E-state index in [-0.39, 0.29) is 5.91 Å². The van der Waals surface area contributed by atoms with Gasteiger partial charge < -0.3 is 15.8 Å². The van der Waals surface area contributed by atoms with Gasteiger partial charge in [-0.25, -0.2) is 5.73 Å². The molecular formula is C10H22N3O2. The Bertz CT molecular complexity index is 165. The Kier molecular flexibility index (Phi) is 9.46. The highest BCUT2D eigenvalue weighted by molar-refractivity contribution is 5.81. The van der Waals surface area contributed by atoms with Crippen LogP contribution in [-0.2, 0) is 9.53 Å². The lowest BCUT2D eigenvalue weighted by Gasteiger charge is -2.10. The Morgan fingerprint density at radius 1 is 1.47 bits per heavy atom. The molecule has 0 aromatic carbocycles. The third kappa shape index (κ3) is 8.35. The molecular weight excluding hydrogens is 194 g/mol. The van der Waals surface area contributed by atoms with Gasteiger partial charge in [-0.2, -0.15) is 0 Å². The van der Waals surface area contributed by atoms with Crippen molar-refractivity contribution in [3.63, 3.8) is 0 Å². The predicted octanol–water partition coefficient (Wildman–Crippen LogP) is -0.0804. The monoisotopic (exact) mass is 216 g/mol. The van der Waals surface area contributed by atoms with E-state index < -0.39 is 6.04 Å². The van der Waals surface area contributed by atoms with Crippen LogP contribution in [0.25, 0.3) is 0 Å². The van der Waals surface area contributed by atoms with Gasteiger partial charge in [-0.05, 0) is 25.8 Å². The van der Waals surface area contributed by atoms with Crippen molar-refractivity contribution >= 4 is 5.91 Å². The minimum Gasteiger partial charge on any atom is -0.385 e. The van der Waals surface area contributed by atoms with Gasteiger partial charge in [-0.3, -0.25) is 4.79 Å². The lowest BCUT2D eigenvalue weighted by Crippen LogP contribution is -2.36. The van der Waals surface area contributed by atoms with E-state index in [1.807, 2.05) is 0 Å². The largest absolute Gasteiger partial charge is 0.385 e. The molecule has 0 aromatic heterocycles. The van der Waals surface area contributed by atoms with Crippen molar-refractivity contribution in [2.45, 2.75) is 31.7 Å². The number of nitrogens with one attached hydrogen (secondary N) is 2. The van der Waals surface area contributed by atoms with E-state index >= 15 is 0 Å². The zero-order chi connectivity index (χ0) is 11.5. The molecule has 0 bridgehead atoms. The lowest BCUT2D eigenvalue weighted by molar-refractivity contribution is -0.122. The molecule has 5 nitrogen and oxygen atoms in total. The van der Waals surface area contributed by atoms with Crippen LogP contribution in [0.4, 0.5) is 0 Å². The molecule has 15 heavy (non-hydrogen) atoms. The molecule has 0 aromatic rings. The van der Waals surface area contributed by atoms with E-state index in [9.17, 15) is 4.79 Å². The molecule has 89 valence electrons. The summed E-state index contributed by atoms with van der Waals surface area (Å²) >= 11 is 0. The first-order chi connectivity index (χ1) is 7.22. The van der Waals surface area contributed by atoms with Gasteiger partial charge in [0.2, 0.25) is 5.91 Å². The molecule has 0 spiro atoms. The summed E-state index contributed by atoms with van der Waals surface area (Å²) in [5, 5.41) is 2.71. The minimum absolute atomic E-state index is 0.192. The van der Waals surface area contributed by atoms with Crippen LogP contribution in [0.2, 0.25) is 0 Å². The van der Waals surface area contributed by atoms with Crippen molar-refractivity contribution in [2.24, 2.45) is 5.73 Å². The van der Waals surface area contributed by atoms with Crippen LogP contribution >= 0.6 is 0 Å². The second kappa shape index (κ2) is 9.89. The van der Waals surface area contributed by atoms with Crippen molar-refractivity contribution < 1.29 is 9.53 Å². The fourth-order valence-electron chi connectivity index (χ4n) is 1.18. The minimum atomic E-state index is -0.654. The number of carbonyl (C=O) groups excluding carboxylic acids is 1. The first-order valence-corrected chi connectivity index (χ1v) is 5.40. The molecule has 5 heteroatoms. The molecule has 0 aliphatic carbocycles. The highest BCUT2D eigenvalue weighted by Gasteiger charge is 2.12. The van der Waals surface area contributed by atoms with E-state index in [0.717, 1.165) is 19.3 Å². The van der Waals surface area contributed by atoms with Crippen LogP contribution in [-0.4, -0.2) is 38.8 Å². The van der Waals surface area contributed by atoms with Crippen LogP contribution in [0.15, 0.2) is 0 Å². The maximum Gasteiger partial charge on any atom is 0.238 e. The van der Waals surface area contributed by atoms with Gasteiger partial charge in [0, 0.05) is 20.3 Å². The first kappa shape index (κ1) is 14.3. The number of ether oxygens (including phenoxy) is 1. The molecule has 0 fully saturated rings. The Labute approximate surface area is 91.5 Å². The number of nitrogens with two attached hydrogens (primary N) is 1. The third-order valence-corrected chi connectivity index (χ3v) is 2.09. The van der Waals surface area contributed by atoms with Crippen LogP contribution in [0.1, 0.15) is 25.7 Å². The molecule has 0 saturated heterocycles. The Morgan fingerprint density at radius 2 is 2.20 bits per heavy atom. The second-order valence-electron chi connectivity index (χ2n) is 3.47. The maximum atomic E-state index is 11.3. The smallest absolute Gasteiger partial charge is 0.238 e. The number of hydrogen-bond donors (Lipinski definition) is 2. The van der Waals surface area contributed by atoms with Crippen LogP contribution in [0, 0.1) is 0 Å². The van der Waals surface area contributed by atoms with Gasteiger partial charge >= 0.3 is 0 Å². The van der Waals surface area contributed by atoms with E-state index in [2.05, 4.69) is 5.32 Å². The highest BCUT2D eigenvalue weighted by Crippen LogP contribution is 1.99. The molecule has 1 amide bonds. The summed E-state index contributed by atoms with van der Waals surface area (Å²) in [5.74, 6) is -0.192. The van der Waals surface area contributed by atoms with Gasteiger partial charge in [0.25, 0.3) is 0 Å². The predicted molar refractivity (Wildman–Crippen MR) is 59.3 cm³/mol. The van der Waals surface area contributed by atoms with Crippen molar-refractivity contribution in [3.8, 4) is 0 Å². The molecule has 1 unspecified atom stereocenters. The summed E-state index contributed by atoms with van der Waals surface area (Å²) < 4.78 is 4.85. The topological polar surface area (TPSA) is 88.1 Å². The molecule has 0 rings (SSSR count). The molecule has 0 aliphatic rings. The third-order valence-electron chi connectivity index (χ3n) is 2.09. The number of hydrogen-bond acceptors (Lipinski definition) is 3. The summed E-state index contributed by atoms with van der Waals surface area (Å²) in [6.07, 6.45) is 3.10. The molecule has 1 radical (unpaired) electrons. The van der Waals surface area contributed by atoms with Crippen molar-refractivity contribution in [3.05, 3.63) is 0 Å². The molecule has 0 saturated carbocycles. The quantitative estimate of drug-likeness (QED) is 0.528. The van der Waals surface area contributed by atoms with E-state index in [1.165, 1.54) is 0 Å². The Morgan fingerprint density at radius 3 is 2.80 bits per heavy atom. The zero-order valence-electron chi connectivity index (χ0n) is 9.42. The number of carbonyl (C=O) groups is 1. The van der Waals surface area contributed by atoms with E-state index in [0.29, 0.717) is 26.1 Å². The van der Waals surface area contributed by atoms with E-state index in [4.69, 9.17) is 16.2 Å². The van der Waals surface area contributed by atoms with Gasteiger partial charge in [0.05, 0.1) is 6.04 Å². The maximum absolute atomic E-state index is 11.3. The van der Waals surface area contributed by atoms with Crippen LogP contribution in [0.3, 0.4) is 0 Å². The van der Waals surface area contributed by atoms with Crippen molar-refractivity contribution in [1.82, 2.24) is 11.1 Å². The summed E-state index contributed by atoms with van der Waals surface area (Å²) in [6.45, 7) is 1.84. The number of amides is 1. The molecule has 1 atom stereocenters. The molecule has 0 aliphatic heterocycles. The van der Waals surface area contributed by atoms with E-state index in [1.54, 1.807) is 7.11 Å². The average Bonchev–Trinajstić information content (AvgIpc) is 2.24.